The molecule has 106 valence electrons. The Labute approximate surface area is 113 Å². The highest BCUT2D eigenvalue weighted by Crippen LogP contribution is 2.30. The first-order chi connectivity index (χ1) is 8.68. The van der Waals surface area contributed by atoms with Gasteiger partial charge in [-0.1, -0.05) is 25.7 Å². The molecule has 0 aromatic heterocycles. The van der Waals surface area contributed by atoms with Gasteiger partial charge in [0, 0.05) is 31.2 Å². The third-order valence-corrected chi connectivity index (χ3v) is 5.40. The SMILES string of the molecule is CN(C)C1(CN)CCN(C2CCCCCC2)CC1. The number of likely N-dealkylation sites (N-methyl/N-ethyl adjacent to an activating group) is 1. The molecule has 2 fully saturated rings. The Balaban J connectivity index is 1.88. The maximum absolute atomic E-state index is 6.03. The van der Waals surface area contributed by atoms with Crippen LogP contribution in [0.4, 0.5) is 0 Å². The summed E-state index contributed by atoms with van der Waals surface area (Å²) in [6.45, 7) is 3.30. The molecule has 18 heavy (non-hydrogen) atoms. The molecular formula is C15H31N3. The Kier molecular flexibility index (Phi) is 5.05. The van der Waals surface area contributed by atoms with Gasteiger partial charge in [-0.2, -0.15) is 0 Å². The van der Waals surface area contributed by atoms with Crippen LogP contribution in [0.5, 0.6) is 0 Å². The molecule has 1 saturated heterocycles. The van der Waals surface area contributed by atoms with Crippen molar-refractivity contribution in [3.05, 3.63) is 0 Å². The summed E-state index contributed by atoms with van der Waals surface area (Å²) < 4.78 is 0. The van der Waals surface area contributed by atoms with Crippen molar-refractivity contribution in [3.63, 3.8) is 0 Å². The van der Waals surface area contributed by atoms with Crippen LogP contribution in [0.1, 0.15) is 51.4 Å². The third kappa shape index (κ3) is 3.06. The molecule has 0 bridgehead atoms. The highest BCUT2D eigenvalue weighted by molar-refractivity contribution is 4.95. The van der Waals surface area contributed by atoms with E-state index in [1.54, 1.807) is 0 Å². The van der Waals surface area contributed by atoms with Crippen molar-refractivity contribution in [2.75, 3.05) is 33.7 Å². The van der Waals surface area contributed by atoms with Gasteiger partial charge in [-0.3, -0.25) is 0 Å². The lowest BCUT2D eigenvalue weighted by Gasteiger charge is -2.47. The second-order valence-corrected chi connectivity index (χ2v) is 6.50. The Bertz CT molecular complexity index is 236. The van der Waals surface area contributed by atoms with Gasteiger partial charge in [-0.25, -0.2) is 0 Å². The number of hydrogen-bond donors (Lipinski definition) is 1. The van der Waals surface area contributed by atoms with Crippen LogP contribution in [-0.2, 0) is 0 Å². The molecule has 0 aromatic carbocycles. The monoisotopic (exact) mass is 253 g/mol. The molecule has 0 amide bonds. The second kappa shape index (κ2) is 6.36. The summed E-state index contributed by atoms with van der Waals surface area (Å²) in [5.74, 6) is 0. The van der Waals surface area contributed by atoms with Gasteiger partial charge in [0.1, 0.15) is 0 Å². The van der Waals surface area contributed by atoms with Gasteiger partial charge in [0.2, 0.25) is 0 Å². The van der Waals surface area contributed by atoms with Gasteiger partial charge < -0.3 is 15.5 Å². The van der Waals surface area contributed by atoms with E-state index in [9.17, 15) is 0 Å². The number of piperidine rings is 1. The van der Waals surface area contributed by atoms with E-state index in [0.717, 1.165) is 12.6 Å². The summed E-state index contributed by atoms with van der Waals surface area (Å²) >= 11 is 0. The number of hydrogen-bond acceptors (Lipinski definition) is 3. The zero-order valence-corrected chi connectivity index (χ0v) is 12.3. The molecule has 0 radical (unpaired) electrons. The second-order valence-electron chi connectivity index (χ2n) is 6.50. The van der Waals surface area contributed by atoms with Crippen molar-refractivity contribution in [1.29, 1.82) is 0 Å². The van der Waals surface area contributed by atoms with E-state index >= 15 is 0 Å². The number of likely N-dealkylation sites (tertiary alicyclic amines) is 1. The van der Waals surface area contributed by atoms with E-state index in [0.29, 0.717) is 0 Å². The first kappa shape index (κ1) is 14.3. The van der Waals surface area contributed by atoms with Crippen molar-refractivity contribution in [2.45, 2.75) is 62.9 Å². The first-order valence-corrected chi connectivity index (χ1v) is 7.79. The van der Waals surface area contributed by atoms with Gasteiger partial charge in [0.05, 0.1) is 0 Å². The van der Waals surface area contributed by atoms with Gasteiger partial charge in [0.25, 0.3) is 0 Å². The summed E-state index contributed by atoms with van der Waals surface area (Å²) in [5.41, 5.74) is 6.29. The Hall–Kier alpha value is -0.120. The van der Waals surface area contributed by atoms with Crippen molar-refractivity contribution in [3.8, 4) is 0 Å². The predicted molar refractivity (Wildman–Crippen MR) is 77.8 cm³/mol. The number of rotatable bonds is 3. The van der Waals surface area contributed by atoms with Crippen LogP contribution in [0.3, 0.4) is 0 Å². The topological polar surface area (TPSA) is 32.5 Å². The van der Waals surface area contributed by atoms with Crippen molar-refractivity contribution in [2.24, 2.45) is 5.73 Å². The van der Waals surface area contributed by atoms with Crippen molar-refractivity contribution < 1.29 is 0 Å². The highest BCUT2D eigenvalue weighted by atomic mass is 15.2. The maximum atomic E-state index is 6.03. The minimum atomic E-state index is 0.265. The van der Waals surface area contributed by atoms with Crippen molar-refractivity contribution >= 4 is 0 Å². The number of nitrogens with two attached hydrogens (primary N) is 1. The molecule has 0 atom stereocenters. The van der Waals surface area contributed by atoms with Crippen LogP contribution in [0.25, 0.3) is 0 Å². The fourth-order valence-corrected chi connectivity index (χ4v) is 3.76. The summed E-state index contributed by atoms with van der Waals surface area (Å²) in [5, 5.41) is 0. The third-order valence-electron chi connectivity index (χ3n) is 5.40. The lowest BCUT2D eigenvalue weighted by Crippen LogP contribution is -2.58. The van der Waals surface area contributed by atoms with E-state index in [-0.39, 0.29) is 5.54 Å². The fraction of sp³-hybridized carbons (Fsp3) is 1.00. The molecule has 2 aliphatic rings. The van der Waals surface area contributed by atoms with Crippen LogP contribution < -0.4 is 5.73 Å². The van der Waals surface area contributed by atoms with Crippen LogP contribution >= 0.6 is 0 Å². The predicted octanol–water partition coefficient (Wildman–Crippen LogP) is 2.06. The molecule has 1 aliphatic heterocycles. The van der Waals surface area contributed by atoms with E-state index in [1.807, 2.05) is 0 Å². The number of nitrogens with zero attached hydrogens (tertiary/aromatic N) is 2. The fourth-order valence-electron chi connectivity index (χ4n) is 3.76. The quantitative estimate of drug-likeness (QED) is 0.782. The normalized spacial score (nSPS) is 27.3. The zero-order valence-electron chi connectivity index (χ0n) is 12.3. The lowest BCUT2D eigenvalue weighted by molar-refractivity contribution is 0.0395. The van der Waals surface area contributed by atoms with Crippen LogP contribution in [-0.4, -0.2) is 55.1 Å². The first-order valence-electron chi connectivity index (χ1n) is 7.79. The summed E-state index contributed by atoms with van der Waals surface area (Å²) in [6.07, 6.45) is 11.1. The summed E-state index contributed by atoms with van der Waals surface area (Å²) in [4.78, 5) is 5.11. The van der Waals surface area contributed by atoms with Crippen molar-refractivity contribution in [1.82, 2.24) is 9.80 Å². The van der Waals surface area contributed by atoms with Crippen LogP contribution in [0.2, 0.25) is 0 Å². The van der Waals surface area contributed by atoms with E-state index in [4.69, 9.17) is 5.73 Å². The minimum absolute atomic E-state index is 0.265. The maximum Gasteiger partial charge on any atom is 0.0349 e. The van der Waals surface area contributed by atoms with Gasteiger partial charge in [-0.15, -0.1) is 0 Å². The smallest absolute Gasteiger partial charge is 0.0349 e. The average molecular weight is 253 g/mol. The minimum Gasteiger partial charge on any atom is -0.329 e. The highest BCUT2D eigenvalue weighted by Gasteiger charge is 2.36. The molecule has 2 rings (SSSR count). The average Bonchev–Trinajstić information content (AvgIpc) is 2.67. The van der Waals surface area contributed by atoms with Gasteiger partial charge in [-0.05, 0) is 39.8 Å². The largest absolute Gasteiger partial charge is 0.329 e. The molecule has 1 heterocycles. The van der Waals surface area contributed by atoms with Gasteiger partial charge in [0.15, 0.2) is 0 Å². The standard InChI is InChI=1S/C15H31N3/c1-17(2)15(13-16)9-11-18(12-10-15)14-7-5-3-4-6-8-14/h14H,3-13,16H2,1-2H3. The van der Waals surface area contributed by atoms with E-state index in [2.05, 4.69) is 23.9 Å². The molecule has 0 spiro atoms. The lowest BCUT2D eigenvalue weighted by atomic mass is 9.85. The molecule has 3 nitrogen and oxygen atoms in total. The molecule has 0 aromatic rings. The Morgan fingerprint density at radius 1 is 1.06 bits per heavy atom. The van der Waals surface area contributed by atoms with E-state index in [1.165, 1.54) is 64.5 Å². The Morgan fingerprint density at radius 3 is 2.06 bits per heavy atom. The molecule has 1 saturated carbocycles. The molecule has 2 N–H and O–H groups in total. The zero-order chi connectivity index (χ0) is 13.0. The van der Waals surface area contributed by atoms with Crippen LogP contribution in [0.15, 0.2) is 0 Å². The Morgan fingerprint density at radius 2 is 1.61 bits per heavy atom. The summed E-state index contributed by atoms with van der Waals surface area (Å²) in [7, 11) is 4.38. The molecule has 1 aliphatic carbocycles. The summed E-state index contributed by atoms with van der Waals surface area (Å²) in [6, 6.07) is 0.866. The molecular weight excluding hydrogens is 222 g/mol. The van der Waals surface area contributed by atoms with Gasteiger partial charge >= 0.3 is 0 Å². The molecule has 3 heteroatoms. The van der Waals surface area contributed by atoms with E-state index < -0.39 is 0 Å². The van der Waals surface area contributed by atoms with Crippen LogP contribution in [0, 0.1) is 0 Å². The molecule has 0 unspecified atom stereocenters.